The van der Waals surface area contributed by atoms with Gasteiger partial charge in [-0.25, -0.2) is 15.0 Å². The van der Waals surface area contributed by atoms with Crippen LogP contribution in [0.2, 0.25) is 0 Å². The fourth-order valence-electron chi connectivity index (χ4n) is 1.01. The number of nitrogens with two attached hydrogens (primary N) is 2. The number of carbonyl (C=O) groups is 1. The maximum absolute atomic E-state index is 12.6. The van der Waals surface area contributed by atoms with Gasteiger partial charge in [0.05, 0.1) is 12.3 Å². The summed E-state index contributed by atoms with van der Waals surface area (Å²) in [6.45, 7) is 1.83. The van der Waals surface area contributed by atoms with Gasteiger partial charge in [-0.2, -0.15) is 5.12 Å². The molecule has 0 atom stereocenters. The molecule has 0 amide bonds. The van der Waals surface area contributed by atoms with E-state index in [0.717, 1.165) is 5.12 Å². The van der Waals surface area contributed by atoms with E-state index in [0.29, 0.717) is 5.69 Å². The molecule has 6 nitrogen and oxygen atoms in total. The Labute approximate surface area is 97.6 Å². The fourth-order valence-corrected chi connectivity index (χ4v) is 1.01. The van der Waals surface area contributed by atoms with E-state index in [9.17, 15) is 9.18 Å². The van der Waals surface area contributed by atoms with E-state index in [1.807, 2.05) is 0 Å². The lowest BCUT2D eigenvalue weighted by molar-refractivity contribution is -0.135. The molecule has 0 aliphatic carbocycles. The quantitative estimate of drug-likeness (QED) is 0.261. The second kappa shape index (κ2) is 5.80. The Bertz CT molecular complexity index is 419. The summed E-state index contributed by atoms with van der Waals surface area (Å²) in [4.78, 5) is 11.1. The SMILES string of the molecule is CCOC(=O)/C(N)=N/N(N)c1ccc(F)cc1. The first-order valence-corrected chi connectivity index (χ1v) is 4.86. The van der Waals surface area contributed by atoms with Gasteiger partial charge in [-0.15, -0.1) is 5.10 Å². The topological polar surface area (TPSA) is 93.9 Å². The number of hydrogen-bond acceptors (Lipinski definition) is 5. The molecule has 0 aromatic heterocycles. The molecule has 7 heteroatoms. The number of hydrazone groups is 1. The van der Waals surface area contributed by atoms with Crippen LogP contribution in [0.15, 0.2) is 29.4 Å². The Balaban J connectivity index is 2.77. The Hall–Kier alpha value is -2.15. The van der Waals surface area contributed by atoms with E-state index in [-0.39, 0.29) is 12.4 Å². The van der Waals surface area contributed by atoms with Crippen molar-refractivity contribution in [3.63, 3.8) is 0 Å². The molecule has 1 aromatic carbocycles. The van der Waals surface area contributed by atoms with Crippen LogP contribution in [-0.2, 0) is 9.53 Å². The van der Waals surface area contributed by atoms with Crippen molar-refractivity contribution in [3.05, 3.63) is 30.1 Å². The summed E-state index contributed by atoms with van der Waals surface area (Å²) in [5, 5.41) is 4.47. The third kappa shape index (κ3) is 3.72. The van der Waals surface area contributed by atoms with Gasteiger partial charge in [-0.1, -0.05) is 0 Å². The number of anilines is 1. The first kappa shape index (κ1) is 12.9. The number of halogens is 1. The second-order valence-corrected chi connectivity index (χ2v) is 3.03. The molecule has 0 aliphatic heterocycles. The Morgan fingerprint density at radius 1 is 1.47 bits per heavy atom. The average molecular weight is 240 g/mol. The predicted octanol–water partition coefficient (Wildman–Crippen LogP) is 0.341. The number of esters is 1. The molecule has 0 spiro atoms. The van der Waals surface area contributed by atoms with Gasteiger partial charge >= 0.3 is 5.97 Å². The fraction of sp³-hybridized carbons (Fsp3) is 0.200. The maximum Gasteiger partial charge on any atom is 0.375 e. The number of hydrogen-bond donors (Lipinski definition) is 2. The van der Waals surface area contributed by atoms with Crippen molar-refractivity contribution in [2.45, 2.75) is 6.92 Å². The summed E-state index contributed by atoms with van der Waals surface area (Å²) in [6, 6.07) is 5.23. The Morgan fingerprint density at radius 2 is 2.06 bits per heavy atom. The molecule has 0 heterocycles. The van der Waals surface area contributed by atoms with E-state index in [4.69, 9.17) is 11.6 Å². The van der Waals surface area contributed by atoms with Crippen molar-refractivity contribution in [2.75, 3.05) is 11.7 Å². The first-order valence-electron chi connectivity index (χ1n) is 4.86. The minimum absolute atomic E-state index is 0.191. The lowest BCUT2D eigenvalue weighted by Crippen LogP contribution is -2.33. The molecule has 0 radical (unpaired) electrons. The van der Waals surface area contributed by atoms with Crippen LogP contribution in [-0.4, -0.2) is 18.4 Å². The third-order valence-electron chi connectivity index (χ3n) is 1.79. The lowest BCUT2D eigenvalue weighted by Gasteiger charge is -2.12. The van der Waals surface area contributed by atoms with Crippen LogP contribution in [0.5, 0.6) is 0 Å². The highest BCUT2D eigenvalue weighted by Gasteiger charge is 2.09. The van der Waals surface area contributed by atoms with Gasteiger partial charge in [-0.05, 0) is 31.2 Å². The summed E-state index contributed by atoms with van der Waals surface area (Å²) >= 11 is 0. The Morgan fingerprint density at radius 3 is 2.59 bits per heavy atom. The smallest absolute Gasteiger partial charge is 0.375 e. The van der Waals surface area contributed by atoms with Crippen molar-refractivity contribution in [2.24, 2.45) is 16.7 Å². The first-order chi connectivity index (χ1) is 8.04. The number of ether oxygens (including phenoxy) is 1. The van der Waals surface area contributed by atoms with Gasteiger partial charge < -0.3 is 10.5 Å². The molecule has 17 heavy (non-hydrogen) atoms. The minimum Gasteiger partial charge on any atom is -0.460 e. The molecular weight excluding hydrogens is 227 g/mol. The van der Waals surface area contributed by atoms with Crippen molar-refractivity contribution in [1.82, 2.24) is 0 Å². The van der Waals surface area contributed by atoms with Crippen LogP contribution in [0, 0.1) is 5.82 Å². The molecule has 0 aliphatic rings. The number of nitrogens with zero attached hydrogens (tertiary/aromatic N) is 2. The number of amidine groups is 1. The number of rotatable bonds is 3. The van der Waals surface area contributed by atoms with Crippen LogP contribution in [0.3, 0.4) is 0 Å². The predicted molar refractivity (Wildman–Crippen MR) is 61.3 cm³/mol. The molecular formula is C10H13FN4O2. The van der Waals surface area contributed by atoms with Crippen molar-refractivity contribution >= 4 is 17.5 Å². The van der Waals surface area contributed by atoms with Crippen molar-refractivity contribution < 1.29 is 13.9 Å². The highest BCUT2D eigenvalue weighted by Crippen LogP contribution is 2.11. The number of carbonyl (C=O) groups excluding carboxylic acids is 1. The number of hydrazine groups is 1. The summed E-state index contributed by atoms with van der Waals surface area (Å²) < 4.78 is 17.3. The molecule has 1 rings (SSSR count). The number of benzene rings is 1. The average Bonchev–Trinajstić information content (AvgIpc) is 2.30. The summed E-state index contributed by atoms with van der Waals surface area (Å²) in [5.41, 5.74) is 5.74. The lowest BCUT2D eigenvalue weighted by atomic mass is 10.3. The van der Waals surface area contributed by atoms with Gasteiger partial charge in [0.1, 0.15) is 5.82 Å². The van der Waals surface area contributed by atoms with E-state index in [1.165, 1.54) is 24.3 Å². The molecule has 92 valence electrons. The van der Waals surface area contributed by atoms with Crippen molar-refractivity contribution in [3.8, 4) is 0 Å². The Kier molecular flexibility index (Phi) is 4.41. The molecule has 0 fully saturated rings. The zero-order valence-electron chi connectivity index (χ0n) is 9.26. The summed E-state index contributed by atoms with van der Waals surface area (Å²) in [5.74, 6) is 3.98. The zero-order chi connectivity index (χ0) is 12.8. The van der Waals surface area contributed by atoms with Crippen LogP contribution in [0.1, 0.15) is 6.92 Å². The van der Waals surface area contributed by atoms with Crippen LogP contribution in [0.25, 0.3) is 0 Å². The minimum atomic E-state index is -0.759. The standard InChI is InChI=1S/C10H13FN4O2/c1-2-17-10(16)9(12)14-15(13)8-5-3-7(11)4-6-8/h3-6H,2,13H2,1H3,(H2,12,14). The molecule has 0 saturated carbocycles. The summed E-state index contributed by atoms with van der Waals surface area (Å²) in [6.07, 6.45) is 0. The van der Waals surface area contributed by atoms with E-state index < -0.39 is 11.8 Å². The van der Waals surface area contributed by atoms with Gasteiger partial charge in [0.25, 0.3) is 0 Å². The largest absolute Gasteiger partial charge is 0.460 e. The van der Waals surface area contributed by atoms with Crippen LogP contribution in [0.4, 0.5) is 10.1 Å². The molecule has 1 aromatic rings. The summed E-state index contributed by atoms with van der Waals surface area (Å²) in [7, 11) is 0. The van der Waals surface area contributed by atoms with Gasteiger partial charge in [-0.3, -0.25) is 0 Å². The van der Waals surface area contributed by atoms with Gasteiger partial charge in [0.2, 0.25) is 5.84 Å². The molecule has 0 bridgehead atoms. The van der Waals surface area contributed by atoms with Crippen LogP contribution >= 0.6 is 0 Å². The van der Waals surface area contributed by atoms with E-state index >= 15 is 0 Å². The van der Waals surface area contributed by atoms with Gasteiger partial charge in [0, 0.05) is 0 Å². The highest BCUT2D eigenvalue weighted by molar-refractivity contribution is 6.34. The molecule has 0 unspecified atom stereocenters. The highest BCUT2D eigenvalue weighted by atomic mass is 19.1. The zero-order valence-corrected chi connectivity index (χ0v) is 9.26. The van der Waals surface area contributed by atoms with Crippen molar-refractivity contribution in [1.29, 1.82) is 0 Å². The maximum atomic E-state index is 12.6. The van der Waals surface area contributed by atoms with Crippen LogP contribution < -0.4 is 16.7 Å². The normalized spacial score (nSPS) is 11.1. The second-order valence-electron chi connectivity index (χ2n) is 3.03. The third-order valence-corrected chi connectivity index (χ3v) is 1.79. The van der Waals surface area contributed by atoms with Gasteiger partial charge in [0.15, 0.2) is 0 Å². The van der Waals surface area contributed by atoms with E-state index in [2.05, 4.69) is 9.84 Å². The monoisotopic (exact) mass is 240 g/mol. The van der Waals surface area contributed by atoms with E-state index in [1.54, 1.807) is 6.92 Å². The molecule has 0 saturated heterocycles. The molecule has 4 N–H and O–H groups in total.